The number of nitrogens with zero attached hydrogens (tertiary/aromatic N) is 1. The van der Waals surface area contributed by atoms with E-state index in [4.69, 9.17) is 11.6 Å². The normalized spacial score (nSPS) is 10.7. The average Bonchev–Trinajstić information content (AvgIpc) is 2.55. The van der Waals surface area contributed by atoms with Crippen LogP contribution in [0, 0.1) is 25.5 Å². The van der Waals surface area contributed by atoms with Crippen LogP contribution >= 0.6 is 11.6 Å². The van der Waals surface area contributed by atoms with Gasteiger partial charge in [-0.2, -0.15) is 0 Å². The topological polar surface area (TPSA) is 22.0 Å². The zero-order chi connectivity index (χ0) is 13.4. The summed E-state index contributed by atoms with van der Waals surface area (Å²) in [4.78, 5) is 10.8. The van der Waals surface area contributed by atoms with Gasteiger partial charge in [-0.1, -0.05) is 11.6 Å². The average molecular weight is 270 g/mol. The van der Waals surface area contributed by atoms with Gasteiger partial charge in [-0.15, -0.1) is 0 Å². The molecule has 0 unspecified atom stereocenters. The summed E-state index contributed by atoms with van der Waals surface area (Å²) in [6.45, 7) is 3.40. The van der Waals surface area contributed by atoms with E-state index in [-0.39, 0.29) is 10.7 Å². The molecule has 0 saturated heterocycles. The second kappa shape index (κ2) is 4.53. The van der Waals surface area contributed by atoms with E-state index >= 15 is 0 Å². The molecule has 0 aliphatic rings. The summed E-state index contributed by atoms with van der Waals surface area (Å²) in [5, 5.41) is -0.0354. The zero-order valence-corrected chi connectivity index (χ0v) is 10.6. The molecule has 0 radical (unpaired) electrons. The van der Waals surface area contributed by atoms with Crippen molar-refractivity contribution < 1.29 is 13.6 Å². The highest BCUT2D eigenvalue weighted by Crippen LogP contribution is 2.29. The minimum Gasteiger partial charge on any atom is -0.314 e. The van der Waals surface area contributed by atoms with Gasteiger partial charge in [0.1, 0.15) is 11.5 Å². The molecule has 2 aromatic rings. The molecule has 0 spiro atoms. The SMILES string of the molecule is Cc1cc(C=O)c(C)n1-c1c(F)cc(F)cc1Cl. The molecular formula is C13H10ClF2NO. The number of aryl methyl sites for hydroxylation is 1. The third-order valence-electron chi connectivity index (χ3n) is 2.80. The fraction of sp³-hybridized carbons (Fsp3) is 0.154. The van der Waals surface area contributed by atoms with Gasteiger partial charge in [0.2, 0.25) is 0 Å². The van der Waals surface area contributed by atoms with E-state index in [1.165, 1.54) is 4.57 Å². The summed E-state index contributed by atoms with van der Waals surface area (Å²) in [5.74, 6) is -1.50. The van der Waals surface area contributed by atoms with Crippen molar-refractivity contribution >= 4 is 17.9 Å². The van der Waals surface area contributed by atoms with Crippen molar-refractivity contribution in [3.05, 3.63) is 51.8 Å². The summed E-state index contributed by atoms with van der Waals surface area (Å²) in [5.41, 5.74) is 1.73. The molecule has 5 heteroatoms. The first-order valence-corrected chi connectivity index (χ1v) is 5.62. The van der Waals surface area contributed by atoms with Crippen LogP contribution in [0.1, 0.15) is 21.7 Å². The van der Waals surface area contributed by atoms with E-state index in [0.717, 1.165) is 12.1 Å². The molecule has 18 heavy (non-hydrogen) atoms. The zero-order valence-electron chi connectivity index (χ0n) is 9.80. The van der Waals surface area contributed by atoms with Crippen molar-refractivity contribution in [3.8, 4) is 5.69 Å². The van der Waals surface area contributed by atoms with Crippen LogP contribution in [-0.2, 0) is 0 Å². The van der Waals surface area contributed by atoms with Crippen molar-refractivity contribution in [2.45, 2.75) is 13.8 Å². The van der Waals surface area contributed by atoms with Gasteiger partial charge in [0.05, 0.1) is 5.02 Å². The summed E-state index contributed by atoms with van der Waals surface area (Å²) in [7, 11) is 0. The van der Waals surface area contributed by atoms with E-state index in [2.05, 4.69) is 0 Å². The number of aromatic nitrogens is 1. The number of halogens is 3. The first-order chi connectivity index (χ1) is 8.45. The summed E-state index contributed by atoms with van der Waals surface area (Å²) in [6, 6.07) is 3.43. The van der Waals surface area contributed by atoms with Crippen LogP contribution in [0.2, 0.25) is 5.02 Å². The van der Waals surface area contributed by atoms with Gasteiger partial charge < -0.3 is 4.57 Å². The Hall–Kier alpha value is -1.68. The van der Waals surface area contributed by atoms with Gasteiger partial charge in [-0.25, -0.2) is 8.78 Å². The Labute approximate surface area is 108 Å². The van der Waals surface area contributed by atoms with Crippen molar-refractivity contribution in [1.82, 2.24) is 4.57 Å². The molecular weight excluding hydrogens is 260 g/mol. The predicted octanol–water partition coefficient (Wildman–Crippen LogP) is 3.84. The Morgan fingerprint density at radius 1 is 1.22 bits per heavy atom. The first-order valence-electron chi connectivity index (χ1n) is 5.24. The van der Waals surface area contributed by atoms with E-state index < -0.39 is 11.6 Å². The van der Waals surface area contributed by atoms with Crippen molar-refractivity contribution in [2.24, 2.45) is 0 Å². The molecule has 0 amide bonds. The molecule has 0 bridgehead atoms. The van der Waals surface area contributed by atoms with Crippen LogP contribution in [0.15, 0.2) is 18.2 Å². The molecule has 0 atom stereocenters. The van der Waals surface area contributed by atoms with E-state index in [9.17, 15) is 13.6 Å². The fourth-order valence-electron chi connectivity index (χ4n) is 2.00. The molecule has 2 rings (SSSR count). The second-order valence-corrected chi connectivity index (χ2v) is 4.40. The van der Waals surface area contributed by atoms with Gasteiger partial charge in [-0.3, -0.25) is 4.79 Å². The summed E-state index contributed by atoms with van der Waals surface area (Å²) in [6.07, 6.45) is 0.689. The molecule has 1 aromatic carbocycles. The largest absolute Gasteiger partial charge is 0.314 e. The first kappa shape index (κ1) is 12.8. The Kier molecular flexibility index (Phi) is 3.22. The van der Waals surface area contributed by atoms with Gasteiger partial charge in [0, 0.05) is 23.0 Å². The van der Waals surface area contributed by atoms with E-state index in [1.54, 1.807) is 19.9 Å². The number of benzene rings is 1. The molecule has 0 aliphatic heterocycles. The molecule has 94 valence electrons. The van der Waals surface area contributed by atoms with Gasteiger partial charge in [-0.05, 0) is 26.0 Å². The number of carbonyl (C=O) groups excluding carboxylic acids is 1. The number of rotatable bonds is 2. The third-order valence-corrected chi connectivity index (χ3v) is 3.09. The maximum atomic E-state index is 13.8. The molecule has 0 fully saturated rings. The Morgan fingerprint density at radius 2 is 1.89 bits per heavy atom. The van der Waals surface area contributed by atoms with E-state index in [1.807, 2.05) is 0 Å². The lowest BCUT2D eigenvalue weighted by Gasteiger charge is -2.12. The minimum atomic E-state index is -0.765. The van der Waals surface area contributed by atoms with Crippen molar-refractivity contribution in [3.63, 3.8) is 0 Å². The Morgan fingerprint density at radius 3 is 2.39 bits per heavy atom. The Bertz CT molecular complexity index is 611. The van der Waals surface area contributed by atoms with Crippen LogP contribution in [0.25, 0.3) is 5.69 Å². The van der Waals surface area contributed by atoms with Crippen LogP contribution in [0.5, 0.6) is 0 Å². The number of hydrogen-bond acceptors (Lipinski definition) is 1. The monoisotopic (exact) mass is 269 g/mol. The molecule has 0 aliphatic carbocycles. The number of aldehydes is 1. The smallest absolute Gasteiger partial charge is 0.151 e. The lowest BCUT2D eigenvalue weighted by Crippen LogP contribution is -2.04. The maximum Gasteiger partial charge on any atom is 0.151 e. The summed E-state index contributed by atoms with van der Waals surface area (Å²) < 4.78 is 28.3. The highest BCUT2D eigenvalue weighted by Gasteiger charge is 2.17. The number of carbonyl (C=O) groups is 1. The molecule has 0 N–H and O–H groups in total. The third kappa shape index (κ3) is 1.93. The lowest BCUT2D eigenvalue weighted by molar-refractivity contribution is 0.112. The summed E-state index contributed by atoms with van der Waals surface area (Å²) >= 11 is 5.88. The standard InChI is InChI=1S/C13H10ClF2NO/c1-7-3-9(6-18)8(2)17(7)13-11(14)4-10(15)5-12(13)16/h3-6H,1-2H3. The van der Waals surface area contributed by atoms with Gasteiger partial charge >= 0.3 is 0 Å². The molecule has 1 heterocycles. The second-order valence-electron chi connectivity index (χ2n) is 4.00. The highest BCUT2D eigenvalue weighted by molar-refractivity contribution is 6.32. The molecule has 0 saturated carbocycles. The van der Waals surface area contributed by atoms with Crippen LogP contribution < -0.4 is 0 Å². The fourth-order valence-corrected chi connectivity index (χ4v) is 2.28. The van der Waals surface area contributed by atoms with Crippen molar-refractivity contribution in [1.29, 1.82) is 0 Å². The number of hydrogen-bond donors (Lipinski definition) is 0. The van der Waals surface area contributed by atoms with Crippen LogP contribution in [0.3, 0.4) is 0 Å². The van der Waals surface area contributed by atoms with Gasteiger partial charge in [0.15, 0.2) is 12.1 Å². The van der Waals surface area contributed by atoms with Gasteiger partial charge in [0.25, 0.3) is 0 Å². The lowest BCUT2D eigenvalue weighted by atomic mass is 10.2. The van der Waals surface area contributed by atoms with Crippen LogP contribution in [0.4, 0.5) is 8.78 Å². The van der Waals surface area contributed by atoms with E-state index in [0.29, 0.717) is 23.2 Å². The molecule has 1 aromatic heterocycles. The van der Waals surface area contributed by atoms with Crippen LogP contribution in [-0.4, -0.2) is 10.9 Å². The highest BCUT2D eigenvalue weighted by atomic mass is 35.5. The quantitative estimate of drug-likeness (QED) is 0.759. The Balaban J connectivity index is 2.77. The minimum absolute atomic E-state index is 0.0354. The van der Waals surface area contributed by atoms with Crippen molar-refractivity contribution in [2.75, 3.05) is 0 Å². The maximum absolute atomic E-state index is 13.8. The molecule has 2 nitrogen and oxygen atoms in total. The predicted molar refractivity (Wildman–Crippen MR) is 65.6 cm³/mol.